The summed E-state index contributed by atoms with van der Waals surface area (Å²) in [6.07, 6.45) is 0.705. The Hall–Kier alpha value is -0.980. The quantitative estimate of drug-likeness (QED) is 0.727. The third-order valence-corrected chi connectivity index (χ3v) is 3.50. The maximum atomic E-state index is 12.6. The van der Waals surface area contributed by atoms with Crippen molar-refractivity contribution in [3.63, 3.8) is 0 Å². The van der Waals surface area contributed by atoms with E-state index in [4.69, 9.17) is 0 Å². The second kappa shape index (κ2) is 5.93. The molecule has 1 aromatic rings. The Labute approximate surface area is 94.9 Å². The first-order chi connectivity index (χ1) is 7.56. The van der Waals surface area contributed by atoms with Crippen molar-refractivity contribution in [1.29, 1.82) is 0 Å². The van der Waals surface area contributed by atoms with E-state index in [0.717, 1.165) is 18.7 Å². The minimum absolute atomic E-state index is 0.0818. The van der Waals surface area contributed by atoms with Crippen molar-refractivity contribution in [3.05, 3.63) is 30.1 Å². The zero-order valence-electron chi connectivity index (χ0n) is 9.03. The number of rotatable bonds is 6. The second-order valence-corrected chi connectivity index (χ2v) is 5.08. The molecule has 16 heavy (non-hydrogen) atoms. The summed E-state index contributed by atoms with van der Waals surface area (Å²) in [6.45, 7) is 1.10. The summed E-state index contributed by atoms with van der Waals surface area (Å²) >= 11 is 0. The van der Waals surface area contributed by atoms with Crippen LogP contribution in [-0.2, 0) is 10.0 Å². The van der Waals surface area contributed by atoms with Crippen LogP contribution in [-0.4, -0.2) is 28.6 Å². The van der Waals surface area contributed by atoms with Gasteiger partial charge in [0.1, 0.15) is 5.82 Å². The molecule has 0 atom stereocenters. The summed E-state index contributed by atoms with van der Waals surface area (Å²) in [5.74, 6) is -0.450. The molecule has 2 N–H and O–H groups in total. The predicted octanol–water partition coefficient (Wildman–Crippen LogP) is 0.714. The first kappa shape index (κ1) is 13.1. The third kappa shape index (κ3) is 3.88. The average Bonchev–Trinajstić information content (AvgIpc) is 2.25. The van der Waals surface area contributed by atoms with E-state index in [-0.39, 0.29) is 4.90 Å². The fourth-order valence-corrected chi connectivity index (χ4v) is 2.24. The van der Waals surface area contributed by atoms with Gasteiger partial charge in [0.05, 0.1) is 4.90 Å². The number of sulfonamides is 1. The van der Waals surface area contributed by atoms with Crippen LogP contribution < -0.4 is 10.0 Å². The maximum absolute atomic E-state index is 12.6. The Morgan fingerprint density at radius 2 is 1.81 bits per heavy atom. The highest BCUT2D eigenvalue weighted by Crippen LogP contribution is 2.09. The Kier molecular flexibility index (Phi) is 4.85. The monoisotopic (exact) mass is 246 g/mol. The molecule has 0 unspecified atom stereocenters. The standard InChI is InChI=1S/C10H15FN2O2S/c1-12-7-2-8-13-16(14,15)10-5-3-9(11)4-6-10/h3-6,12-13H,2,7-8H2,1H3. The number of benzene rings is 1. The van der Waals surface area contributed by atoms with Gasteiger partial charge in [-0.15, -0.1) is 0 Å². The smallest absolute Gasteiger partial charge is 0.240 e. The normalized spacial score (nSPS) is 11.6. The lowest BCUT2D eigenvalue weighted by molar-refractivity contribution is 0.576. The Balaban J connectivity index is 2.60. The van der Waals surface area contributed by atoms with Gasteiger partial charge in [-0.2, -0.15) is 0 Å². The van der Waals surface area contributed by atoms with Crippen molar-refractivity contribution in [1.82, 2.24) is 10.0 Å². The summed E-state index contributed by atoms with van der Waals surface area (Å²) in [5.41, 5.74) is 0. The van der Waals surface area contributed by atoms with Crippen LogP contribution in [0.3, 0.4) is 0 Å². The van der Waals surface area contributed by atoms with Gasteiger partial charge in [-0.05, 0) is 44.3 Å². The molecule has 0 saturated heterocycles. The molecule has 0 spiro atoms. The number of halogens is 1. The van der Waals surface area contributed by atoms with Crippen molar-refractivity contribution in [2.24, 2.45) is 0 Å². The van der Waals surface area contributed by atoms with Gasteiger partial charge in [0.25, 0.3) is 0 Å². The molecule has 0 aliphatic heterocycles. The summed E-state index contributed by atoms with van der Waals surface area (Å²) in [4.78, 5) is 0.0818. The molecule has 0 radical (unpaired) electrons. The van der Waals surface area contributed by atoms with Crippen molar-refractivity contribution < 1.29 is 12.8 Å². The lowest BCUT2D eigenvalue weighted by atomic mass is 10.4. The summed E-state index contributed by atoms with van der Waals surface area (Å²) in [5, 5.41) is 2.92. The van der Waals surface area contributed by atoms with Crippen LogP contribution in [0.15, 0.2) is 29.2 Å². The van der Waals surface area contributed by atoms with Crippen LogP contribution in [0.4, 0.5) is 4.39 Å². The van der Waals surface area contributed by atoms with Crippen LogP contribution in [0, 0.1) is 5.82 Å². The molecule has 0 amide bonds. The summed E-state index contributed by atoms with van der Waals surface area (Å²) in [7, 11) is -1.70. The molecule has 0 heterocycles. The molecule has 0 bridgehead atoms. The topological polar surface area (TPSA) is 58.2 Å². The molecule has 1 rings (SSSR count). The molecule has 0 saturated carbocycles. The molecular formula is C10H15FN2O2S. The third-order valence-electron chi connectivity index (χ3n) is 2.02. The zero-order valence-corrected chi connectivity index (χ0v) is 9.85. The summed E-state index contributed by atoms with van der Waals surface area (Å²) in [6, 6.07) is 4.75. The molecule has 90 valence electrons. The van der Waals surface area contributed by atoms with E-state index < -0.39 is 15.8 Å². The fraction of sp³-hybridized carbons (Fsp3) is 0.400. The van der Waals surface area contributed by atoms with Gasteiger partial charge in [0, 0.05) is 6.54 Å². The van der Waals surface area contributed by atoms with Crippen molar-refractivity contribution in [3.8, 4) is 0 Å². The first-order valence-corrected chi connectivity index (χ1v) is 6.44. The summed E-state index contributed by atoms with van der Waals surface area (Å²) < 4.78 is 38.3. The second-order valence-electron chi connectivity index (χ2n) is 3.31. The van der Waals surface area contributed by atoms with E-state index in [1.807, 2.05) is 0 Å². The van der Waals surface area contributed by atoms with Crippen molar-refractivity contribution in [2.75, 3.05) is 20.1 Å². The molecule has 0 aromatic heterocycles. The van der Waals surface area contributed by atoms with Gasteiger partial charge in [0.15, 0.2) is 0 Å². The van der Waals surface area contributed by atoms with E-state index in [0.29, 0.717) is 13.0 Å². The van der Waals surface area contributed by atoms with Crippen LogP contribution in [0.2, 0.25) is 0 Å². The van der Waals surface area contributed by atoms with E-state index in [9.17, 15) is 12.8 Å². The van der Waals surface area contributed by atoms with Gasteiger partial charge in [-0.25, -0.2) is 17.5 Å². The average molecular weight is 246 g/mol. The Bertz CT molecular complexity index is 417. The number of nitrogens with one attached hydrogen (secondary N) is 2. The van der Waals surface area contributed by atoms with Gasteiger partial charge >= 0.3 is 0 Å². The minimum Gasteiger partial charge on any atom is -0.320 e. The van der Waals surface area contributed by atoms with Gasteiger partial charge in [-0.3, -0.25) is 0 Å². The molecule has 0 fully saturated rings. The van der Waals surface area contributed by atoms with Gasteiger partial charge < -0.3 is 5.32 Å². The minimum atomic E-state index is -3.50. The lowest BCUT2D eigenvalue weighted by Gasteiger charge is -2.06. The lowest BCUT2D eigenvalue weighted by Crippen LogP contribution is -2.26. The highest BCUT2D eigenvalue weighted by molar-refractivity contribution is 7.89. The van der Waals surface area contributed by atoms with Crippen molar-refractivity contribution >= 4 is 10.0 Å². The Morgan fingerprint density at radius 3 is 2.38 bits per heavy atom. The van der Waals surface area contributed by atoms with E-state index in [1.54, 1.807) is 7.05 Å². The van der Waals surface area contributed by atoms with E-state index in [1.165, 1.54) is 12.1 Å². The zero-order chi connectivity index (χ0) is 12.0. The SMILES string of the molecule is CNCCCNS(=O)(=O)c1ccc(F)cc1. The van der Waals surface area contributed by atoms with E-state index >= 15 is 0 Å². The molecule has 0 aliphatic rings. The van der Waals surface area contributed by atoms with Gasteiger partial charge in [0.2, 0.25) is 10.0 Å². The maximum Gasteiger partial charge on any atom is 0.240 e. The molecule has 0 aliphatic carbocycles. The fourth-order valence-electron chi connectivity index (χ4n) is 1.17. The van der Waals surface area contributed by atoms with Crippen LogP contribution in [0.25, 0.3) is 0 Å². The molecule has 1 aromatic carbocycles. The largest absolute Gasteiger partial charge is 0.320 e. The van der Waals surface area contributed by atoms with Crippen LogP contribution in [0.5, 0.6) is 0 Å². The highest BCUT2D eigenvalue weighted by Gasteiger charge is 2.12. The highest BCUT2D eigenvalue weighted by atomic mass is 32.2. The van der Waals surface area contributed by atoms with Gasteiger partial charge in [-0.1, -0.05) is 0 Å². The van der Waals surface area contributed by atoms with Crippen LogP contribution in [0.1, 0.15) is 6.42 Å². The van der Waals surface area contributed by atoms with Crippen molar-refractivity contribution in [2.45, 2.75) is 11.3 Å². The first-order valence-electron chi connectivity index (χ1n) is 4.96. The van der Waals surface area contributed by atoms with Crippen LogP contribution >= 0.6 is 0 Å². The predicted molar refractivity (Wildman–Crippen MR) is 60.1 cm³/mol. The van der Waals surface area contributed by atoms with E-state index in [2.05, 4.69) is 10.0 Å². The number of hydrogen-bond acceptors (Lipinski definition) is 3. The molecular weight excluding hydrogens is 231 g/mol. The molecule has 4 nitrogen and oxygen atoms in total. The number of hydrogen-bond donors (Lipinski definition) is 2. The Morgan fingerprint density at radius 1 is 1.19 bits per heavy atom. The molecule has 6 heteroatoms.